The maximum Gasteiger partial charge on any atom is 0.317 e. The normalized spacial score (nSPS) is 34.4. The van der Waals surface area contributed by atoms with E-state index in [2.05, 4.69) is 11.9 Å². The van der Waals surface area contributed by atoms with Crippen molar-refractivity contribution in [3.63, 3.8) is 0 Å². The highest BCUT2D eigenvalue weighted by molar-refractivity contribution is 5.86. The zero-order chi connectivity index (χ0) is 14.3. The van der Waals surface area contributed by atoms with Gasteiger partial charge in [-0.05, 0) is 0 Å². The van der Waals surface area contributed by atoms with Gasteiger partial charge in [-0.15, -0.1) is 6.58 Å². The van der Waals surface area contributed by atoms with Crippen molar-refractivity contribution in [1.29, 1.82) is 0 Å². The van der Waals surface area contributed by atoms with Crippen LogP contribution in [0.1, 0.15) is 6.42 Å². The van der Waals surface area contributed by atoms with Gasteiger partial charge in [-0.3, -0.25) is 29.9 Å². The number of amides is 1. The van der Waals surface area contributed by atoms with Crippen molar-refractivity contribution in [2.75, 3.05) is 26.2 Å². The lowest BCUT2D eigenvalue weighted by Gasteiger charge is -2.45. The molecule has 0 aromatic rings. The average Bonchev–Trinajstić information content (AvgIpc) is 2.34. The maximum atomic E-state index is 11.9. The molecule has 9 nitrogen and oxygen atoms in total. The van der Waals surface area contributed by atoms with E-state index < -0.39 is 26.8 Å². The number of hydrogen-bond acceptors (Lipinski definition) is 6. The largest absolute Gasteiger partial charge is 0.343 e. The minimum absolute atomic E-state index is 0.0713. The van der Waals surface area contributed by atoms with E-state index in [9.17, 15) is 25.0 Å². The molecule has 19 heavy (non-hydrogen) atoms. The summed E-state index contributed by atoms with van der Waals surface area (Å²) in [5.74, 6) is -0.747. The summed E-state index contributed by atoms with van der Waals surface area (Å²) in [4.78, 5) is 34.8. The lowest BCUT2D eigenvalue weighted by Crippen LogP contribution is -2.76. The van der Waals surface area contributed by atoms with Gasteiger partial charge >= 0.3 is 5.54 Å². The first-order chi connectivity index (χ1) is 8.86. The molecule has 2 rings (SSSR count). The van der Waals surface area contributed by atoms with Gasteiger partial charge in [0, 0.05) is 16.4 Å². The van der Waals surface area contributed by atoms with Crippen molar-refractivity contribution < 1.29 is 14.6 Å². The van der Waals surface area contributed by atoms with Crippen molar-refractivity contribution in [3.05, 3.63) is 32.9 Å². The Morgan fingerprint density at radius 3 is 2.58 bits per heavy atom. The van der Waals surface area contributed by atoms with E-state index in [0.717, 1.165) is 0 Å². The van der Waals surface area contributed by atoms with Crippen LogP contribution in [0.3, 0.4) is 0 Å². The number of hydrogen-bond donors (Lipinski definition) is 1. The molecule has 9 heteroatoms. The Balaban J connectivity index is 2.45. The number of likely N-dealkylation sites (tertiary alicyclic amines) is 1. The fraction of sp³-hybridized carbons (Fsp3) is 0.700. The predicted octanol–water partition coefficient (Wildman–Crippen LogP) is -0.961. The monoisotopic (exact) mass is 270 g/mol. The van der Waals surface area contributed by atoms with E-state index in [4.69, 9.17) is 0 Å². The summed E-state index contributed by atoms with van der Waals surface area (Å²) in [5, 5.41) is 24.9. The lowest BCUT2D eigenvalue weighted by molar-refractivity contribution is -0.618. The first kappa shape index (κ1) is 13.4. The van der Waals surface area contributed by atoms with Crippen LogP contribution in [0.15, 0.2) is 12.7 Å². The number of piperidine rings is 2. The Kier molecular flexibility index (Phi) is 3.01. The summed E-state index contributed by atoms with van der Waals surface area (Å²) in [7, 11) is 0. The summed E-state index contributed by atoms with van der Waals surface area (Å²) in [6.45, 7) is 3.56. The van der Waals surface area contributed by atoms with E-state index >= 15 is 0 Å². The molecule has 2 bridgehead atoms. The molecule has 0 unspecified atom stereocenters. The second kappa shape index (κ2) is 4.26. The van der Waals surface area contributed by atoms with E-state index in [0.29, 0.717) is 0 Å². The van der Waals surface area contributed by atoms with Crippen molar-refractivity contribution in [2.45, 2.75) is 17.5 Å². The third-order valence-electron chi connectivity index (χ3n) is 3.75. The van der Waals surface area contributed by atoms with Crippen molar-refractivity contribution >= 4 is 5.91 Å². The molecular weight excluding hydrogens is 256 g/mol. The molecule has 0 aliphatic carbocycles. The quantitative estimate of drug-likeness (QED) is 0.399. The summed E-state index contributed by atoms with van der Waals surface area (Å²) in [6.07, 6.45) is 1.15. The van der Waals surface area contributed by atoms with Crippen molar-refractivity contribution in [1.82, 2.24) is 10.2 Å². The van der Waals surface area contributed by atoms with Crippen molar-refractivity contribution in [3.8, 4) is 0 Å². The van der Waals surface area contributed by atoms with Gasteiger partial charge in [0.05, 0.1) is 19.6 Å². The second-order valence-corrected chi connectivity index (χ2v) is 5.09. The first-order valence-corrected chi connectivity index (χ1v) is 5.77. The fourth-order valence-electron chi connectivity index (χ4n) is 2.88. The minimum atomic E-state index is -1.94. The van der Waals surface area contributed by atoms with Gasteiger partial charge in [-0.2, -0.15) is 0 Å². The number of rotatable bonds is 4. The van der Waals surface area contributed by atoms with E-state index in [1.165, 1.54) is 6.08 Å². The van der Waals surface area contributed by atoms with Crippen LogP contribution in [-0.2, 0) is 4.79 Å². The number of nitrogens with one attached hydrogen (secondary N) is 1. The molecule has 2 atom stereocenters. The number of nitrogens with zero attached hydrogens (tertiary/aromatic N) is 3. The Labute approximate surface area is 108 Å². The van der Waals surface area contributed by atoms with Crippen molar-refractivity contribution in [2.24, 2.45) is 0 Å². The highest BCUT2D eigenvalue weighted by Gasteiger charge is 2.68. The highest BCUT2D eigenvalue weighted by atomic mass is 16.6. The van der Waals surface area contributed by atoms with Crippen LogP contribution >= 0.6 is 0 Å². The minimum Gasteiger partial charge on any atom is -0.343 e. The van der Waals surface area contributed by atoms with Crippen LogP contribution in [0.5, 0.6) is 0 Å². The summed E-state index contributed by atoms with van der Waals surface area (Å²) < 4.78 is 0. The van der Waals surface area contributed by atoms with Crippen LogP contribution < -0.4 is 5.32 Å². The van der Waals surface area contributed by atoms with E-state index in [1.54, 1.807) is 4.90 Å². The number of nitro groups is 2. The number of carbonyl (C=O) groups excluding carboxylic acids is 1. The van der Waals surface area contributed by atoms with E-state index in [-0.39, 0.29) is 32.6 Å². The number of fused-ring (bicyclic) bond motifs is 2. The topological polar surface area (TPSA) is 119 Å². The molecule has 2 saturated heterocycles. The van der Waals surface area contributed by atoms with Gasteiger partial charge in [0.1, 0.15) is 6.42 Å². The lowest BCUT2D eigenvalue weighted by atomic mass is 9.74. The third-order valence-corrected chi connectivity index (χ3v) is 3.75. The second-order valence-electron chi connectivity index (χ2n) is 5.09. The molecule has 1 N–H and O–H groups in total. The summed E-state index contributed by atoms with van der Waals surface area (Å²) in [6, 6.07) is 0. The fourth-order valence-corrected chi connectivity index (χ4v) is 2.88. The molecular formula is C10H14N4O5. The highest BCUT2D eigenvalue weighted by Crippen LogP contribution is 2.36. The zero-order valence-electron chi connectivity index (χ0n) is 10.2. The summed E-state index contributed by atoms with van der Waals surface area (Å²) >= 11 is 0. The molecule has 0 saturated carbocycles. The first-order valence-electron chi connectivity index (χ1n) is 5.77. The Morgan fingerprint density at radius 1 is 1.37 bits per heavy atom. The smallest absolute Gasteiger partial charge is 0.317 e. The zero-order valence-corrected chi connectivity index (χ0v) is 10.2. The third kappa shape index (κ3) is 1.86. The van der Waals surface area contributed by atoms with E-state index in [1.807, 2.05) is 0 Å². The van der Waals surface area contributed by atoms with Gasteiger partial charge < -0.3 is 5.32 Å². The van der Waals surface area contributed by atoms with Crippen LogP contribution in [-0.4, -0.2) is 57.9 Å². The van der Waals surface area contributed by atoms with Crippen LogP contribution in [0.25, 0.3) is 0 Å². The molecule has 0 aromatic heterocycles. The van der Waals surface area contributed by atoms with Gasteiger partial charge in [0.2, 0.25) is 0 Å². The summed E-state index contributed by atoms with van der Waals surface area (Å²) in [5.41, 5.74) is -3.44. The number of carbonyl (C=O) groups is 1. The SMILES string of the molecule is C=CCN1C[C@@]2([N+](=O)[O-])CNC(=O)[C@@]([N+](=O)[O-])(C1)C2. The molecule has 0 aromatic carbocycles. The van der Waals surface area contributed by atoms with Crippen LogP contribution in [0.2, 0.25) is 0 Å². The molecule has 0 radical (unpaired) electrons. The van der Waals surface area contributed by atoms with Crippen LogP contribution in [0, 0.1) is 20.2 Å². The van der Waals surface area contributed by atoms with Gasteiger partial charge in [-0.25, -0.2) is 0 Å². The molecule has 2 fully saturated rings. The predicted molar refractivity (Wildman–Crippen MR) is 63.7 cm³/mol. The Morgan fingerprint density at radius 2 is 2.05 bits per heavy atom. The maximum absolute atomic E-state index is 11.9. The molecule has 0 spiro atoms. The van der Waals surface area contributed by atoms with Gasteiger partial charge in [0.25, 0.3) is 11.4 Å². The van der Waals surface area contributed by atoms with Crippen LogP contribution in [0.4, 0.5) is 0 Å². The molecule has 2 aliphatic rings. The molecule has 104 valence electrons. The molecule has 1 amide bonds. The Bertz CT molecular complexity index is 467. The van der Waals surface area contributed by atoms with Gasteiger partial charge in [0.15, 0.2) is 0 Å². The molecule has 2 aliphatic heterocycles. The standard InChI is InChI=1S/C10H14N4O5/c1-2-3-12-6-9(13(16)17)4-10(7-12,14(18)19)8(15)11-5-9/h2H,1,3-7H2,(H,11,15)/t9-,10-/m0/s1. The van der Waals surface area contributed by atoms with Gasteiger partial charge in [-0.1, -0.05) is 6.08 Å². The molecule has 2 heterocycles. The Hall–Kier alpha value is -2.03. The average molecular weight is 270 g/mol.